The van der Waals surface area contributed by atoms with Gasteiger partial charge in [-0.25, -0.2) is 0 Å². The number of carbonyl (C=O) groups excluding carboxylic acids is 20. The van der Waals surface area contributed by atoms with Crippen molar-refractivity contribution in [1.29, 1.82) is 0 Å². The Labute approximate surface area is 776 Å². The molecule has 744 valence electrons. The maximum atomic E-state index is 14.5. The number of aliphatic hydroxyl groups excluding tert-OH is 6. The molecule has 0 aromatic rings. The van der Waals surface area contributed by atoms with Crippen molar-refractivity contribution in [3.8, 4) is 0 Å². The lowest BCUT2D eigenvalue weighted by atomic mass is 10.1. The molecule has 135 heavy (non-hydrogen) atoms. The number of nitrogens with two attached hydrogens (primary N) is 1. The zero-order valence-electron chi connectivity index (χ0n) is 75.3. The molecule has 18 N–H and O–H groups in total. The van der Waals surface area contributed by atoms with Gasteiger partial charge < -0.3 is 148 Å². The zero-order chi connectivity index (χ0) is 97.1. The Morgan fingerprint density at radius 2 is 0.533 bits per heavy atom. The smallest absolute Gasteiger partial charge is 0.322 e. The van der Waals surface area contributed by atoms with Gasteiger partial charge in [0.1, 0.15) is 85.1 Å². The van der Waals surface area contributed by atoms with Gasteiger partial charge in [0.15, 0.2) is 0 Å². The first kappa shape index (κ1) is 101. The molecular formula is C85H126N22O28. The largest absolute Gasteiger partial charge is 0.480 e. The number of nitrogens with zero attached hydrogens (tertiary/aromatic N) is 12. The second-order valence-corrected chi connectivity index (χ2v) is 37.3. The number of rotatable bonds is 33. The standard InChI is InChI=1S/C85H126N22O28/c86-18-2-1-10-51(79(129)96-19-3-12-54(96)78(128)94-39-71(120)121)95-65(114)33-88-72(122)55-13-5-21-98(55)81(131)60-27-46(109)40-103(60)67(116)35-90-74(124)57-15-7-23-100(57)83(133)62-29-48(111)42-105(62)69(118)37-92-76(126)59-17-9-25-102(59)85(135)64-31-50(113)44-107(64)70(119)38-93-77(127)58-16-8-24-101(58)84(134)63-30-49(112)43-106(63)68(117)36-91-75(125)56-14-6-22-99(56)82(132)61-28-47(110)41-104(61)66(115)34-89-73(123)53-11-4-20-97(53)80(130)52-26-45(108)32-87-52/h45-64,87,108-113H,1-44,86H2,(H,88,122)(H,89,123)(H,90,124)(H,91,125)(H,92,126)(H,93,127)(H,94,128)(H,95,114)(H,120,121)/t45-,46-,47-,48-,49-,50-,51+,52+,53+,54+,55+,56+,57+,58+,59+,60+,61+,62+,63+,64+/m1/s1. The van der Waals surface area contributed by atoms with Crippen molar-refractivity contribution in [3.05, 3.63) is 0 Å². The van der Waals surface area contributed by atoms with Crippen molar-refractivity contribution >= 4 is 124 Å². The molecule has 0 aromatic carbocycles. The molecule has 0 aliphatic carbocycles. The van der Waals surface area contributed by atoms with Gasteiger partial charge in [-0.2, -0.15) is 0 Å². The van der Waals surface area contributed by atoms with Crippen LogP contribution in [0.5, 0.6) is 0 Å². The minimum Gasteiger partial charge on any atom is -0.480 e. The fourth-order valence-corrected chi connectivity index (χ4v) is 21.5. The second kappa shape index (κ2) is 45.0. The summed E-state index contributed by atoms with van der Waals surface area (Å²) in [4.78, 5) is 304. The zero-order valence-corrected chi connectivity index (χ0v) is 75.3. The van der Waals surface area contributed by atoms with E-state index in [1.807, 2.05) is 0 Å². The minimum absolute atomic E-state index is 0.0214. The maximum Gasteiger partial charge on any atom is 0.322 e. The number of nitrogens with one attached hydrogen (secondary N) is 9. The van der Waals surface area contributed by atoms with Gasteiger partial charge in [0, 0.05) is 117 Å². The molecule has 0 unspecified atom stereocenters. The number of aliphatic hydroxyl groups is 6. The first-order chi connectivity index (χ1) is 64.5. The average molecular weight is 1900 g/mol. The van der Waals surface area contributed by atoms with Crippen LogP contribution in [-0.4, -0.2) is 477 Å². The van der Waals surface area contributed by atoms with E-state index in [4.69, 9.17) is 10.8 Å². The number of likely N-dealkylation sites (tertiary alicyclic amines) is 12. The van der Waals surface area contributed by atoms with Gasteiger partial charge in [-0.3, -0.25) is 101 Å². The number of carboxylic acid groups (broad SMARTS) is 1. The van der Waals surface area contributed by atoms with Gasteiger partial charge in [-0.05, 0) is 122 Å². The van der Waals surface area contributed by atoms with Crippen LogP contribution in [0.25, 0.3) is 0 Å². The summed E-state index contributed by atoms with van der Waals surface area (Å²) >= 11 is 0. The number of aliphatic carboxylic acids is 1. The Bertz CT molecular complexity index is 4550. The number of amides is 20. The van der Waals surface area contributed by atoms with E-state index >= 15 is 0 Å². The van der Waals surface area contributed by atoms with E-state index in [2.05, 4.69) is 47.9 Å². The average Bonchev–Trinajstić information content (AvgIpc) is 1.67. The molecular weight excluding hydrogens is 1780 g/mol. The number of unbranched alkanes of at least 4 members (excludes halogenated alkanes) is 1. The van der Waals surface area contributed by atoms with E-state index in [0.29, 0.717) is 77.3 Å². The number of β-amino-alcohol motifs (C(OH)–C–C–N with tert-alkyl or cyclic N) is 6. The predicted octanol–water partition coefficient (Wildman–Crippen LogP) is -13.0. The van der Waals surface area contributed by atoms with Crippen LogP contribution in [-0.2, 0) is 101 Å². The van der Waals surface area contributed by atoms with Crippen molar-refractivity contribution in [1.82, 2.24) is 107 Å². The molecule has 13 heterocycles. The lowest BCUT2D eigenvalue weighted by Gasteiger charge is -2.32. The van der Waals surface area contributed by atoms with E-state index in [1.54, 1.807) is 0 Å². The van der Waals surface area contributed by atoms with Gasteiger partial charge >= 0.3 is 5.97 Å². The summed E-state index contributed by atoms with van der Waals surface area (Å²) in [5, 5.41) is 96.5. The van der Waals surface area contributed by atoms with Gasteiger partial charge in [0.2, 0.25) is 118 Å². The molecule has 0 radical (unpaired) electrons. The summed E-state index contributed by atoms with van der Waals surface area (Å²) in [6.07, 6.45) is -2.64. The summed E-state index contributed by atoms with van der Waals surface area (Å²) in [6.45, 7) is -4.98. The van der Waals surface area contributed by atoms with Crippen molar-refractivity contribution in [2.45, 2.75) is 269 Å². The molecule has 20 amide bonds. The van der Waals surface area contributed by atoms with Gasteiger partial charge in [0.05, 0.1) is 81.9 Å². The van der Waals surface area contributed by atoms with Crippen molar-refractivity contribution in [3.63, 3.8) is 0 Å². The molecule has 0 bridgehead atoms. The minimum atomic E-state index is -1.33. The molecule has 50 nitrogen and oxygen atoms in total. The van der Waals surface area contributed by atoms with Crippen molar-refractivity contribution < 1.29 is 136 Å². The monoisotopic (exact) mass is 1900 g/mol. The van der Waals surface area contributed by atoms with Crippen LogP contribution in [0.15, 0.2) is 0 Å². The first-order valence-electron chi connectivity index (χ1n) is 47.1. The maximum absolute atomic E-state index is 14.5. The fourth-order valence-electron chi connectivity index (χ4n) is 21.5. The second-order valence-electron chi connectivity index (χ2n) is 37.3. The molecule has 13 rings (SSSR count). The fraction of sp³-hybridized carbons (Fsp3) is 0.753. The Morgan fingerprint density at radius 3 is 0.785 bits per heavy atom. The lowest BCUT2D eigenvalue weighted by Crippen LogP contribution is -2.57. The first-order valence-corrected chi connectivity index (χ1v) is 47.1. The highest BCUT2D eigenvalue weighted by molar-refractivity contribution is 6.02. The van der Waals surface area contributed by atoms with E-state index in [-0.39, 0.29) is 168 Å². The van der Waals surface area contributed by atoms with Crippen LogP contribution in [0.4, 0.5) is 0 Å². The van der Waals surface area contributed by atoms with Crippen LogP contribution in [0.3, 0.4) is 0 Å². The Kier molecular flexibility index (Phi) is 33.7. The van der Waals surface area contributed by atoms with Crippen LogP contribution in [0, 0.1) is 0 Å². The highest BCUT2D eigenvalue weighted by Gasteiger charge is 2.53. The number of carboxylic acids is 1. The highest BCUT2D eigenvalue weighted by atomic mass is 16.4. The topological polar surface area (TPSA) is 673 Å². The summed E-state index contributed by atoms with van der Waals surface area (Å²) in [7, 11) is 0. The lowest BCUT2D eigenvalue weighted by molar-refractivity contribution is -0.148. The summed E-state index contributed by atoms with van der Waals surface area (Å²) in [5.41, 5.74) is 5.69. The molecule has 20 atom stereocenters. The molecule has 0 spiro atoms. The van der Waals surface area contributed by atoms with Crippen LogP contribution < -0.4 is 53.6 Å². The van der Waals surface area contributed by atoms with Crippen molar-refractivity contribution in [2.24, 2.45) is 5.73 Å². The third kappa shape index (κ3) is 23.5. The normalized spacial score (nSPS) is 29.6. The van der Waals surface area contributed by atoms with E-state index in [1.165, 1.54) is 34.3 Å². The van der Waals surface area contributed by atoms with Crippen LogP contribution in [0.2, 0.25) is 0 Å². The molecule has 13 fully saturated rings. The summed E-state index contributed by atoms with van der Waals surface area (Å²) in [6, 6.07) is -15.8. The quantitative estimate of drug-likeness (QED) is 0.0271. The van der Waals surface area contributed by atoms with E-state index in [9.17, 15) is 131 Å². The number of hydrogen-bond acceptors (Lipinski definition) is 29. The Morgan fingerprint density at radius 1 is 0.289 bits per heavy atom. The SMILES string of the molecule is NCCCC[C@H](NC(=O)CNC(=O)[C@@H]1CCCN1C(=O)[C@@H]1C[C@@H](O)CN1C(=O)CNC(=O)[C@@H]1CCCN1C(=O)[C@@H]1C[C@@H](O)CN1C(=O)CNC(=O)[C@@H]1CCCN1C(=O)[C@@H]1C[C@@H](O)CN1C(=O)CNC(=O)[C@@H]1CCCN1C(=O)[C@@H]1C[C@@H](O)CN1C(=O)CNC(=O)[C@@H]1CCCN1C(=O)[C@@H]1C[C@@H](O)CN1C(=O)CNC(=O)[C@@H]1CCCN1C(=O)[C@@H]1C[C@@H](O)CN1)C(=O)N1CCC[C@H]1C(=O)NCC(=O)O. The molecule has 0 saturated carbocycles. The van der Waals surface area contributed by atoms with Crippen LogP contribution in [0.1, 0.15) is 148 Å². The summed E-state index contributed by atoms with van der Waals surface area (Å²) in [5.74, 6) is -15.4. The van der Waals surface area contributed by atoms with Gasteiger partial charge in [0.25, 0.3) is 0 Å². The number of carbonyl (C=O) groups is 21. The third-order valence-electron chi connectivity index (χ3n) is 28.2. The van der Waals surface area contributed by atoms with E-state index < -0.39 is 285 Å². The Balaban J connectivity index is 0.536. The highest BCUT2D eigenvalue weighted by Crippen LogP contribution is 2.34. The third-order valence-corrected chi connectivity index (χ3v) is 28.2. The van der Waals surface area contributed by atoms with E-state index in [0.717, 1.165) is 24.5 Å². The molecule has 13 aliphatic rings. The molecule has 13 aliphatic heterocycles. The Hall–Kier alpha value is -11.4. The van der Waals surface area contributed by atoms with Crippen LogP contribution >= 0.6 is 0 Å². The van der Waals surface area contributed by atoms with Gasteiger partial charge in [-0.1, -0.05) is 0 Å². The number of hydrogen-bond donors (Lipinski definition) is 17. The summed E-state index contributed by atoms with van der Waals surface area (Å²) < 4.78 is 0. The molecule has 0 aromatic heterocycles. The molecule has 13 saturated heterocycles. The predicted molar refractivity (Wildman–Crippen MR) is 460 cm³/mol. The molecule has 50 heteroatoms. The van der Waals surface area contributed by atoms with Gasteiger partial charge in [-0.15, -0.1) is 0 Å². The van der Waals surface area contributed by atoms with Crippen molar-refractivity contribution in [2.75, 3.05) is 137 Å².